The quantitative estimate of drug-likeness (QED) is 0.805. The highest BCUT2D eigenvalue weighted by Gasteiger charge is 2.34. The molecule has 0 aliphatic carbocycles. The summed E-state index contributed by atoms with van der Waals surface area (Å²) in [4.78, 5) is 5.30. The molecule has 0 saturated carbocycles. The molecule has 0 bridgehead atoms. The van der Waals surface area contributed by atoms with Crippen LogP contribution in [0.1, 0.15) is 46.0 Å². The van der Waals surface area contributed by atoms with Gasteiger partial charge in [-0.25, -0.2) is 0 Å². The molecule has 0 aromatic rings. The lowest BCUT2D eigenvalue weighted by molar-refractivity contribution is -0.00570. The van der Waals surface area contributed by atoms with Crippen LogP contribution in [0.4, 0.5) is 0 Å². The van der Waals surface area contributed by atoms with Crippen LogP contribution in [0.25, 0.3) is 0 Å². The number of methoxy groups -OCH3 is 1. The third kappa shape index (κ3) is 4.17. The van der Waals surface area contributed by atoms with Gasteiger partial charge < -0.3 is 10.5 Å². The zero-order valence-corrected chi connectivity index (χ0v) is 13.6. The van der Waals surface area contributed by atoms with E-state index in [0.29, 0.717) is 6.04 Å². The minimum atomic E-state index is -0.0761. The third-order valence-corrected chi connectivity index (χ3v) is 5.17. The Hall–Kier alpha value is -0.160. The van der Waals surface area contributed by atoms with Crippen LogP contribution in [-0.4, -0.2) is 67.3 Å². The summed E-state index contributed by atoms with van der Waals surface area (Å²) in [5.74, 6) is 0. The Labute approximate surface area is 124 Å². The average molecular weight is 283 g/mol. The molecule has 2 N–H and O–H groups in total. The number of nitrogens with zero attached hydrogens (tertiary/aromatic N) is 2. The largest absolute Gasteiger partial charge is 0.379 e. The smallest absolute Gasteiger partial charge is 0.0638 e. The second kappa shape index (κ2) is 7.21. The molecule has 20 heavy (non-hydrogen) atoms. The first kappa shape index (κ1) is 16.2. The number of piperidine rings is 1. The van der Waals surface area contributed by atoms with E-state index in [1.54, 1.807) is 7.11 Å². The summed E-state index contributed by atoms with van der Waals surface area (Å²) in [7, 11) is 1.80. The monoisotopic (exact) mass is 283 g/mol. The third-order valence-electron chi connectivity index (χ3n) is 5.17. The molecule has 2 unspecified atom stereocenters. The van der Waals surface area contributed by atoms with Crippen molar-refractivity contribution in [1.82, 2.24) is 9.80 Å². The maximum absolute atomic E-state index is 6.03. The Morgan fingerprint density at radius 2 is 1.90 bits per heavy atom. The van der Waals surface area contributed by atoms with Crippen LogP contribution in [0.2, 0.25) is 0 Å². The molecule has 0 radical (unpaired) electrons. The van der Waals surface area contributed by atoms with Crippen LogP contribution in [0.15, 0.2) is 0 Å². The van der Waals surface area contributed by atoms with Crippen LogP contribution >= 0.6 is 0 Å². The Balaban J connectivity index is 1.86. The summed E-state index contributed by atoms with van der Waals surface area (Å²) in [5, 5.41) is 0. The van der Waals surface area contributed by atoms with Crippen molar-refractivity contribution in [2.75, 3.05) is 39.8 Å². The predicted octanol–water partition coefficient (Wildman–Crippen LogP) is 1.69. The molecule has 2 aliphatic heterocycles. The van der Waals surface area contributed by atoms with Crippen LogP contribution in [0, 0.1) is 0 Å². The number of ether oxygens (including phenoxy) is 1. The molecule has 2 atom stereocenters. The van der Waals surface area contributed by atoms with Crippen molar-refractivity contribution in [2.24, 2.45) is 5.73 Å². The summed E-state index contributed by atoms with van der Waals surface area (Å²) < 4.78 is 5.58. The SMILES string of the molecule is COC(C)(C)CC(CN)N1CCC(N2CCCCC2)C1. The average Bonchev–Trinajstić information content (AvgIpc) is 2.95. The summed E-state index contributed by atoms with van der Waals surface area (Å²) >= 11 is 0. The van der Waals surface area contributed by atoms with Crippen LogP contribution < -0.4 is 5.73 Å². The van der Waals surface area contributed by atoms with E-state index in [0.717, 1.165) is 19.0 Å². The van der Waals surface area contributed by atoms with Gasteiger partial charge in [-0.3, -0.25) is 9.80 Å². The molecular formula is C16H33N3O. The van der Waals surface area contributed by atoms with Crippen LogP contribution in [-0.2, 0) is 4.74 Å². The Morgan fingerprint density at radius 3 is 2.50 bits per heavy atom. The number of rotatable bonds is 6. The zero-order valence-electron chi connectivity index (χ0n) is 13.6. The van der Waals surface area contributed by atoms with E-state index in [4.69, 9.17) is 10.5 Å². The van der Waals surface area contributed by atoms with Crippen molar-refractivity contribution < 1.29 is 4.74 Å². The fourth-order valence-corrected chi connectivity index (χ4v) is 3.69. The molecule has 2 fully saturated rings. The molecule has 118 valence electrons. The van der Waals surface area contributed by atoms with Crippen molar-refractivity contribution in [3.8, 4) is 0 Å². The highest BCUT2D eigenvalue weighted by Crippen LogP contribution is 2.25. The second-order valence-corrected chi connectivity index (χ2v) is 7.09. The van der Waals surface area contributed by atoms with Crippen molar-refractivity contribution in [3.05, 3.63) is 0 Å². The van der Waals surface area contributed by atoms with Crippen LogP contribution in [0.5, 0.6) is 0 Å². The molecule has 4 nitrogen and oxygen atoms in total. The standard InChI is InChI=1S/C16H33N3O/c1-16(2,20-3)11-15(12-17)19-10-7-14(13-19)18-8-5-4-6-9-18/h14-15H,4-13,17H2,1-3H3. The highest BCUT2D eigenvalue weighted by atomic mass is 16.5. The normalized spacial score (nSPS) is 27.9. The Morgan fingerprint density at radius 1 is 1.20 bits per heavy atom. The van der Waals surface area contributed by atoms with Gasteiger partial charge in [-0.05, 0) is 52.6 Å². The van der Waals surface area contributed by atoms with E-state index in [1.165, 1.54) is 51.9 Å². The fraction of sp³-hybridized carbons (Fsp3) is 1.00. The zero-order chi connectivity index (χ0) is 14.6. The van der Waals surface area contributed by atoms with Crippen LogP contribution in [0.3, 0.4) is 0 Å². The molecule has 2 heterocycles. The minimum absolute atomic E-state index is 0.0761. The lowest BCUT2D eigenvalue weighted by Gasteiger charge is -2.35. The lowest BCUT2D eigenvalue weighted by Crippen LogP contribution is -2.46. The summed E-state index contributed by atoms with van der Waals surface area (Å²) in [5.41, 5.74) is 5.95. The molecule has 0 amide bonds. The molecule has 4 heteroatoms. The first-order valence-corrected chi connectivity index (χ1v) is 8.29. The van der Waals surface area contributed by atoms with Gasteiger partial charge >= 0.3 is 0 Å². The topological polar surface area (TPSA) is 41.7 Å². The summed E-state index contributed by atoms with van der Waals surface area (Å²) in [6.45, 7) is 10.1. The summed E-state index contributed by atoms with van der Waals surface area (Å²) in [6, 6.07) is 1.22. The fourth-order valence-electron chi connectivity index (χ4n) is 3.69. The Bertz CT molecular complexity index is 289. The van der Waals surface area contributed by atoms with Gasteiger partial charge in [0, 0.05) is 38.8 Å². The van der Waals surface area contributed by atoms with E-state index in [9.17, 15) is 0 Å². The van der Waals surface area contributed by atoms with E-state index in [-0.39, 0.29) is 5.60 Å². The molecule has 0 spiro atoms. The molecule has 2 rings (SSSR count). The van der Waals surface area contributed by atoms with E-state index >= 15 is 0 Å². The number of likely N-dealkylation sites (tertiary alicyclic amines) is 2. The van der Waals surface area contributed by atoms with Crippen molar-refractivity contribution >= 4 is 0 Å². The van der Waals surface area contributed by atoms with E-state index < -0.39 is 0 Å². The van der Waals surface area contributed by atoms with Gasteiger partial charge in [0.05, 0.1) is 5.60 Å². The lowest BCUT2D eigenvalue weighted by atomic mass is 9.98. The second-order valence-electron chi connectivity index (χ2n) is 7.09. The molecular weight excluding hydrogens is 250 g/mol. The van der Waals surface area contributed by atoms with Crippen molar-refractivity contribution in [1.29, 1.82) is 0 Å². The first-order chi connectivity index (χ1) is 9.55. The number of hydrogen-bond acceptors (Lipinski definition) is 4. The van der Waals surface area contributed by atoms with E-state index in [1.807, 2.05) is 0 Å². The number of hydrogen-bond donors (Lipinski definition) is 1. The summed E-state index contributed by atoms with van der Waals surface area (Å²) in [6.07, 6.45) is 6.51. The first-order valence-electron chi connectivity index (χ1n) is 8.29. The van der Waals surface area contributed by atoms with Gasteiger partial charge in [0.15, 0.2) is 0 Å². The molecule has 2 aliphatic rings. The predicted molar refractivity (Wildman–Crippen MR) is 83.9 cm³/mol. The van der Waals surface area contributed by atoms with Gasteiger partial charge in [-0.15, -0.1) is 0 Å². The van der Waals surface area contributed by atoms with Crippen molar-refractivity contribution in [3.63, 3.8) is 0 Å². The molecule has 0 aromatic heterocycles. The van der Waals surface area contributed by atoms with Gasteiger partial charge in [-0.1, -0.05) is 6.42 Å². The maximum atomic E-state index is 6.03. The van der Waals surface area contributed by atoms with Gasteiger partial charge in [0.2, 0.25) is 0 Å². The maximum Gasteiger partial charge on any atom is 0.0638 e. The molecule has 0 aromatic carbocycles. The van der Waals surface area contributed by atoms with Gasteiger partial charge in [0.25, 0.3) is 0 Å². The number of nitrogens with two attached hydrogens (primary N) is 1. The van der Waals surface area contributed by atoms with Crippen molar-refractivity contribution in [2.45, 2.75) is 63.6 Å². The Kier molecular flexibility index (Phi) is 5.84. The van der Waals surface area contributed by atoms with Gasteiger partial charge in [-0.2, -0.15) is 0 Å². The minimum Gasteiger partial charge on any atom is -0.379 e. The van der Waals surface area contributed by atoms with E-state index in [2.05, 4.69) is 23.6 Å². The van der Waals surface area contributed by atoms with Gasteiger partial charge in [0.1, 0.15) is 0 Å². The molecule has 2 saturated heterocycles. The highest BCUT2D eigenvalue weighted by molar-refractivity contribution is 4.90.